The number of anilines is 1. The molecule has 0 atom stereocenters. The van der Waals surface area contributed by atoms with Crippen LogP contribution in [-0.4, -0.2) is 42.8 Å². The summed E-state index contributed by atoms with van der Waals surface area (Å²) in [6.07, 6.45) is 23.1. The van der Waals surface area contributed by atoms with Gasteiger partial charge in [-0.2, -0.15) is 13.2 Å². The zero-order chi connectivity index (χ0) is 41.6. The van der Waals surface area contributed by atoms with Crippen LogP contribution in [0.25, 0.3) is 5.76 Å². The van der Waals surface area contributed by atoms with Crippen molar-refractivity contribution in [2.45, 2.75) is 181 Å². The van der Waals surface area contributed by atoms with Gasteiger partial charge < -0.3 is 24.6 Å². The molecule has 0 aliphatic heterocycles. The summed E-state index contributed by atoms with van der Waals surface area (Å²) in [5, 5.41) is 12.9. The molecule has 0 heterocycles. The van der Waals surface area contributed by atoms with Gasteiger partial charge in [0.1, 0.15) is 5.76 Å². The number of nitrogens with one attached hydrogen (secondary N) is 1. The van der Waals surface area contributed by atoms with Crippen LogP contribution < -0.4 is 19.5 Å². The number of unbranched alkanes of at least 4 members (excludes halogenated alkanes) is 21. The maximum atomic E-state index is 13.7. The van der Waals surface area contributed by atoms with Crippen molar-refractivity contribution in [3.63, 3.8) is 0 Å². The fourth-order valence-electron chi connectivity index (χ4n) is 6.53. The Morgan fingerprint density at radius 3 is 1.32 bits per heavy atom. The number of hydrogen-bond acceptors (Lipinski definition) is 6. The van der Waals surface area contributed by atoms with Crippen molar-refractivity contribution in [3.05, 3.63) is 53.6 Å². The van der Waals surface area contributed by atoms with Crippen molar-refractivity contribution in [3.8, 4) is 17.2 Å². The number of ether oxygens (including phenoxy) is 3. The lowest BCUT2D eigenvalue weighted by atomic mass is 10.1. The highest BCUT2D eigenvalue weighted by Crippen LogP contribution is 2.40. The second kappa shape index (κ2) is 30.4. The van der Waals surface area contributed by atoms with Crippen LogP contribution in [0, 0.1) is 0 Å². The number of allylic oxidation sites excluding steroid dienone is 1. The van der Waals surface area contributed by atoms with E-state index in [4.69, 9.17) is 14.2 Å². The number of ketones is 1. The smallest absolute Gasteiger partial charge is 0.454 e. The molecular weight excluding hydrogens is 732 g/mol. The molecule has 0 aliphatic rings. The summed E-state index contributed by atoms with van der Waals surface area (Å²) < 4.78 is 57.2. The van der Waals surface area contributed by atoms with Crippen molar-refractivity contribution >= 4 is 23.1 Å². The molecule has 7 nitrogen and oxygen atoms in total. The molecule has 2 aromatic rings. The van der Waals surface area contributed by atoms with Gasteiger partial charge >= 0.3 is 6.18 Å². The summed E-state index contributed by atoms with van der Waals surface area (Å²) in [6, 6.07) is 8.88. The van der Waals surface area contributed by atoms with E-state index in [1.165, 1.54) is 127 Å². The first kappa shape index (κ1) is 49.5. The first-order valence-electron chi connectivity index (χ1n) is 22.1. The minimum absolute atomic E-state index is 0.00288. The van der Waals surface area contributed by atoms with Crippen LogP contribution in [0.2, 0.25) is 0 Å². The number of aliphatic hydroxyl groups is 1. The predicted octanol–water partition coefficient (Wildman–Crippen LogP) is 14.5. The van der Waals surface area contributed by atoms with Gasteiger partial charge in [0.15, 0.2) is 11.5 Å². The fraction of sp³-hybridized carbons (Fsp3) is 0.660. The van der Waals surface area contributed by atoms with Gasteiger partial charge in [0, 0.05) is 22.9 Å². The molecule has 0 aliphatic carbocycles. The van der Waals surface area contributed by atoms with Crippen LogP contribution in [0.5, 0.6) is 17.2 Å². The number of carbonyl (C=O) groups is 2. The van der Waals surface area contributed by atoms with E-state index in [1.807, 2.05) is 0 Å². The summed E-state index contributed by atoms with van der Waals surface area (Å²) in [4.78, 5) is 25.0. The second-order valence-corrected chi connectivity index (χ2v) is 15.2. The average molecular weight is 804 g/mol. The van der Waals surface area contributed by atoms with Gasteiger partial charge in [0.25, 0.3) is 11.7 Å². The second-order valence-electron chi connectivity index (χ2n) is 15.2. The van der Waals surface area contributed by atoms with Gasteiger partial charge in [-0.05, 0) is 55.7 Å². The summed E-state index contributed by atoms with van der Waals surface area (Å²) >= 11 is 0. The molecule has 0 saturated carbocycles. The third-order valence-electron chi connectivity index (χ3n) is 10.0. The number of rotatable bonds is 34. The normalized spacial score (nSPS) is 11.8. The van der Waals surface area contributed by atoms with Gasteiger partial charge in [-0.1, -0.05) is 156 Å². The van der Waals surface area contributed by atoms with E-state index >= 15 is 0 Å². The van der Waals surface area contributed by atoms with Crippen molar-refractivity contribution in [2.75, 3.05) is 25.1 Å². The van der Waals surface area contributed by atoms with Crippen molar-refractivity contribution in [1.29, 1.82) is 0 Å². The summed E-state index contributed by atoms with van der Waals surface area (Å²) in [6.45, 7) is 8.12. The van der Waals surface area contributed by atoms with Gasteiger partial charge in [0.2, 0.25) is 5.75 Å². The molecule has 0 spiro atoms. The predicted molar refractivity (Wildman–Crippen MR) is 227 cm³/mol. The third kappa shape index (κ3) is 22.2. The van der Waals surface area contributed by atoms with E-state index in [9.17, 15) is 27.9 Å². The summed E-state index contributed by atoms with van der Waals surface area (Å²) in [7, 11) is 0. The molecule has 10 heteroatoms. The SMILES string of the molecule is CCCCCCCCCCOc1cc(C(=O)Nc2ccc(/C(O)=C/C(=O)C(F)(F)F)cc2)cc(OCCCCCCCCCC)c1OCCCCCCCCCC. The van der Waals surface area contributed by atoms with Crippen molar-refractivity contribution < 1.29 is 42.1 Å². The topological polar surface area (TPSA) is 94.1 Å². The Kier molecular flexibility index (Phi) is 26.4. The number of amides is 1. The first-order valence-corrected chi connectivity index (χ1v) is 22.1. The van der Waals surface area contributed by atoms with E-state index < -0.39 is 23.6 Å². The van der Waals surface area contributed by atoms with Crippen LogP contribution in [0.1, 0.15) is 191 Å². The van der Waals surface area contributed by atoms with Gasteiger partial charge in [-0.3, -0.25) is 9.59 Å². The van der Waals surface area contributed by atoms with Crippen LogP contribution in [0.15, 0.2) is 42.5 Å². The molecule has 0 bridgehead atoms. The molecule has 2 aromatic carbocycles. The third-order valence-corrected chi connectivity index (χ3v) is 10.0. The van der Waals surface area contributed by atoms with Crippen LogP contribution in [0.3, 0.4) is 0 Å². The largest absolute Gasteiger partial charge is 0.507 e. The van der Waals surface area contributed by atoms with Gasteiger partial charge in [-0.15, -0.1) is 0 Å². The lowest BCUT2D eigenvalue weighted by molar-refractivity contribution is -0.165. The van der Waals surface area contributed by atoms with Gasteiger partial charge in [-0.25, -0.2) is 0 Å². The van der Waals surface area contributed by atoms with E-state index in [2.05, 4.69) is 26.1 Å². The Morgan fingerprint density at radius 1 is 0.561 bits per heavy atom. The molecule has 1 amide bonds. The number of aliphatic hydroxyl groups excluding tert-OH is 1. The van der Waals surface area contributed by atoms with Crippen LogP contribution in [-0.2, 0) is 4.79 Å². The Hall–Kier alpha value is -3.69. The molecule has 2 rings (SSSR count). The Morgan fingerprint density at radius 2 is 0.930 bits per heavy atom. The fourth-order valence-corrected chi connectivity index (χ4v) is 6.53. The minimum Gasteiger partial charge on any atom is -0.507 e. The molecule has 0 unspecified atom stereocenters. The summed E-state index contributed by atoms with van der Waals surface area (Å²) in [5.41, 5.74) is 0.641. The van der Waals surface area contributed by atoms with Crippen LogP contribution in [0.4, 0.5) is 18.9 Å². The molecule has 0 saturated heterocycles. The lowest BCUT2D eigenvalue weighted by Gasteiger charge is -2.19. The van der Waals surface area contributed by atoms with E-state index in [1.54, 1.807) is 12.1 Å². The van der Waals surface area contributed by atoms with Crippen LogP contribution >= 0.6 is 0 Å². The number of hydrogen-bond donors (Lipinski definition) is 2. The first-order chi connectivity index (χ1) is 27.6. The zero-order valence-electron chi connectivity index (χ0n) is 35.3. The minimum atomic E-state index is -5.09. The summed E-state index contributed by atoms with van der Waals surface area (Å²) in [5.74, 6) is -2.02. The maximum Gasteiger partial charge on any atom is 0.454 e. The highest BCUT2D eigenvalue weighted by Gasteiger charge is 2.37. The number of carbonyl (C=O) groups excluding carboxylic acids is 2. The van der Waals surface area contributed by atoms with Crippen molar-refractivity contribution in [1.82, 2.24) is 0 Å². The Labute approximate surface area is 341 Å². The van der Waals surface area contributed by atoms with Crippen molar-refractivity contribution in [2.24, 2.45) is 0 Å². The molecule has 57 heavy (non-hydrogen) atoms. The molecule has 322 valence electrons. The molecule has 0 fully saturated rings. The monoisotopic (exact) mass is 804 g/mol. The average Bonchev–Trinajstić information content (AvgIpc) is 3.19. The van der Waals surface area contributed by atoms with E-state index in [0.29, 0.717) is 48.3 Å². The van der Waals surface area contributed by atoms with E-state index in [0.717, 1.165) is 51.4 Å². The molecular formula is C47H72F3NO6. The number of alkyl halides is 3. The number of benzene rings is 2. The molecule has 0 radical (unpaired) electrons. The lowest BCUT2D eigenvalue weighted by Crippen LogP contribution is -2.20. The quantitative estimate of drug-likeness (QED) is 0.0416. The zero-order valence-corrected chi connectivity index (χ0v) is 35.3. The number of halogens is 3. The maximum absolute atomic E-state index is 13.7. The van der Waals surface area contributed by atoms with Gasteiger partial charge in [0.05, 0.1) is 19.8 Å². The standard InChI is InChI=1S/C47H72F3NO6/c1-4-7-10-13-16-19-22-25-32-55-42-35-39(46(54)51-40-30-28-38(29-31-40)41(52)37-44(53)47(48,49)50)36-43(56-33-26-23-20-17-14-11-8-5-2)45(42)57-34-27-24-21-18-15-12-9-6-3/h28-31,35-37,52H,4-27,32-34H2,1-3H3,(H,51,54)/b41-37-. The Balaban J connectivity index is 2.24. The van der Waals surface area contributed by atoms with E-state index in [-0.39, 0.29) is 11.6 Å². The Bertz CT molecular complexity index is 1370. The molecule has 2 N–H and O–H groups in total. The highest BCUT2D eigenvalue weighted by molar-refractivity contribution is 6.05. The molecule has 0 aromatic heterocycles. The highest BCUT2D eigenvalue weighted by atomic mass is 19.4.